The number of alkyl halides is 1. The van der Waals surface area contributed by atoms with Gasteiger partial charge in [0, 0.05) is 5.02 Å². The van der Waals surface area contributed by atoms with E-state index in [1.54, 1.807) is 13.0 Å². The second-order valence-corrected chi connectivity index (χ2v) is 5.14. The van der Waals surface area contributed by atoms with Gasteiger partial charge in [-0.25, -0.2) is 0 Å². The van der Waals surface area contributed by atoms with Crippen molar-refractivity contribution in [2.75, 3.05) is 0 Å². The molecule has 0 radical (unpaired) electrons. The van der Waals surface area contributed by atoms with E-state index < -0.39 is 4.87 Å². The largest absolute Gasteiger partial charge is 0.299 e. The zero-order chi connectivity index (χ0) is 12.5. The van der Waals surface area contributed by atoms with Crippen molar-refractivity contribution in [2.45, 2.75) is 11.8 Å². The van der Waals surface area contributed by atoms with E-state index in [1.807, 2.05) is 42.5 Å². The first kappa shape index (κ1) is 12.4. The summed E-state index contributed by atoms with van der Waals surface area (Å²) in [6.07, 6.45) is 7.28. The Morgan fingerprint density at radius 3 is 2.35 bits per heavy atom. The normalized spacial score (nSPS) is 27.1. The third-order valence-electron chi connectivity index (χ3n) is 2.85. The highest BCUT2D eigenvalue weighted by Crippen LogP contribution is 2.39. The molecule has 0 heterocycles. The summed E-state index contributed by atoms with van der Waals surface area (Å²) in [5.74, 6) is -0.0697. The van der Waals surface area contributed by atoms with Gasteiger partial charge < -0.3 is 0 Å². The monoisotopic (exact) mass is 266 g/mol. The summed E-state index contributed by atoms with van der Waals surface area (Å²) in [6.45, 7) is 1.57. The van der Waals surface area contributed by atoms with E-state index in [9.17, 15) is 4.79 Å². The van der Waals surface area contributed by atoms with Gasteiger partial charge in [-0.3, -0.25) is 4.79 Å². The Labute approximate surface area is 111 Å². The molecule has 1 aromatic rings. The van der Waals surface area contributed by atoms with Crippen LogP contribution in [-0.4, -0.2) is 5.78 Å². The van der Waals surface area contributed by atoms with Crippen LogP contribution in [0.4, 0.5) is 0 Å². The average Bonchev–Trinajstić information content (AvgIpc) is 2.30. The fourth-order valence-corrected chi connectivity index (χ4v) is 2.48. The Morgan fingerprint density at radius 2 is 1.82 bits per heavy atom. The lowest BCUT2D eigenvalue weighted by Crippen LogP contribution is -2.19. The maximum Gasteiger partial charge on any atom is 0.140 e. The molecule has 0 spiro atoms. The van der Waals surface area contributed by atoms with Crippen molar-refractivity contribution in [3.63, 3.8) is 0 Å². The second-order valence-electron chi connectivity index (χ2n) is 4.10. The van der Waals surface area contributed by atoms with Gasteiger partial charge in [0.1, 0.15) is 10.7 Å². The molecule has 0 aromatic heterocycles. The average molecular weight is 267 g/mol. The summed E-state index contributed by atoms with van der Waals surface area (Å²) < 4.78 is 0. The number of hydrogen-bond donors (Lipinski definition) is 0. The number of ketones is 1. The molecule has 17 heavy (non-hydrogen) atoms. The van der Waals surface area contributed by atoms with Gasteiger partial charge in [-0.05, 0) is 18.6 Å². The van der Waals surface area contributed by atoms with Crippen LogP contribution in [0.25, 0.3) is 0 Å². The van der Waals surface area contributed by atoms with E-state index in [0.29, 0.717) is 5.02 Å². The van der Waals surface area contributed by atoms with Crippen LogP contribution in [0, 0.1) is 5.92 Å². The number of halogens is 2. The second kappa shape index (κ2) is 4.67. The molecule has 0 bridgehead atoms. The Bertz CT molecular complexity index is 489. The van der Waals surface area contributed by atoms with Gasteiger partial charge in [-0.2, -0.15) is 0 Å². The summed E-state index contributed by atoms with van der Waals surface area (Å²) >= 11 is 12.6. The number of allylic oxidation sites excluding steroid dienone is 4. The molecule has 0 amide bonds. The number of carbonyl (C=O) groups is 1. The fraction of sp³-hybridized carbons (Fsp3) is 0.214. The molecule has 0 N–H and O–H groups in total. The Morgan fingerprint density at radius 1 is 1.24 bits per heavy atom. The van der Waals surface area contributed by atoms with Crippen LogP contribution in [-0.2, 0) is 9.67 Å². The van der Waals surface area contributed by atoms with E-state index >= 15 is 0 Å². The van der Waals surface area contributed by atoms with Gasteiger partial charge in [0.2, 0.25) is 0 Å². The molecule has 88 valence electrons. The minimum atomic E-state index is -0.746. The molecule has 1 nitrogen and oxygen atoms in total. The zero-order valence-corrected chi connectivity index (χ0v) is 10.9. The summed E-state index contributed by atoms with van der Waals surface area (Å²) in [5.41, 5.74) is 0.831. The highest BCUT2D eigenvalue weighted by atomic mass is 35.5. The summed E-state index contributed by atoms with van der Waals surface area (Å²) in [4.78, 5) is 10.5. The molecule has 0 aliphatic heterocycles. The van der Waals surface area contributed by atoms with Crippen LogP contribution in [0.2, 0.25) is 5.02 Å². The Hall–Kier alpha value is -1.05. The van der Waals surface area contributed by atoms with Crippen molar-refractivity contribution < 1.29 is 4.79 Å². The van der Waals surface area contributed by atoms with E-state index in [2.05, 4.69) is 0 Å². The number of carbonyl (C=O) groups excluding carboxylic acids is 1. The highest BCUT2D eigenvalue weighted by Gasteiger charge is 2.29. The van der Waals surface area contributed by atoms with Crippen LogP contribution in [0.1, 0.15) is 12.5 Å². The van der Waals surface area contributed by atoms with Crippen molar-refractivity contribution in [3.05, 3.63) is 59.2 Å². The maximum atomic E-state index is 11.2. The van der Waals surface area contributed by atoms with Crippen molar-refractivity contribution in [1.82, 2.24) is 0 Å². The van der Waals surface area contributed by atoms with E-state index in [-0.39, 0.29) is 11.7 Å². The third kappa shape index (κ3) is 2.46. The van der Waals surface area contributed by atoms with Crippen LogP contribution in [0.15, 0.2) is 48.6 Å². The summed E-state index contributed by atoms with van der Waals surface area (Å²) in [7, 11) is 0. The molecule has 1 aliphatic carbocycles. The number of Topliss-reactive ketones (excluding diaryl/α,β-unsaturated/α-hetero) is 1. The van der Waals surface area contributed by atoms with Crippen LogP contribution in [0.3, 0.4) is 0 Å². The molecule has 1 aromatic carbocycles. The molecule has 0 fully saturated rings. The lowest BCUT2D eigenvalue weighted by molar-refractivity contribution is -0.118. The molecule has 0 atom stereocenters. The lowest BCUT2D eigenvalue weighted by atomic mass is 9.88. The molecule has 3 heteroatoms. The van der Waals surface area contributed by atoms with E-state index in [1.165, 1.54) is 0 Å². The van der Waals surface area contributed by atoms with Crippen molar-refractivity contribution >= 4 is 29.0 Å². The van der Waals surface area contributed by atoms with E-state index in [0.717, 1.165) is 5.56 Å². The quantitative estimate of drug-likeness (QED) is 0.582. The SMILES string of the molecule is CC(=O)C1C=CC(Cl)(c2ccccc2Cl)C=C1. The fourth-order valence-electron chi connectivity index (χ4n) is 1.83. The number of benzene rings is 1. The molecular formula is C14H12Cl2O. The number of hydrogen-bond acceptors (Lipinski definition) is 1. The summed E-state index contributed by atoms with van der Waals surface area (Å²) in [5, 5.41) is 0.623. The van der Waals surface area contributed by atoms with Gasteiger partial charge in [0.05, 0.1) is 5.92 Å². The molecule has 1 aliphatic rings. The third-order valence-corrected chi connectivity index (χ3v) is 3.63. The Kier molecular flexibility index (Phi) is 3.41. The highest BCUT2D eigenvalue weighted by molar-refractivity contribution is 6.34. The smallest absolute Gasteiger partial charge is 0.140 e. The predicted octanol–water partition coefficient (Wildman–Crippen LogP) is 4.11. The van der Waals surface area contributed by atoms with Crippen molar-refractivity contribution in [1.29, 1.82) is 0 Å². The zero-order valence-electron chi connectivity index (χ0n) is 9.36. The van der Waals surface area contributed by atoms with Gasteiger partial charge in [-0.15, -0.1) is 11.6 Å². The molecule has 2 rings (SSSR count). The first-order valence-electron chi connectivity index (χ1n) is 5.36. The predicted molar refractivity (Wildman–Crippen MR) is 71.4 cm³/mol. The number of rotatable bonds is 2. The Balaban J connectivity index is 2.36. The summed E-state index contributed by atoms with van der Waals surface area (Å²) in [6, 6.07) is 7.45. The van der Waals surface area contributed by atoms with Crippen LogP contribution in [0.5, 0.6) is 0 Å². The molecule has 0 unspecified atom stereocenters. The van der Waals surface area contributed by atoms with Gasteiger partial charge in [-0.1, -0.05) is 54.1 Å². The minimum absolute atomic E-state index is 0.107. The van der Waals surface area contributed by atoms with Crippen molar-refractivity contribution in [2.24, 2.45) is 5.92 Å². The van der Waals surface area contributed by atoms with Crippen molar-refractivity contribution in [3.8, 4) is 0 Å². The molecular weight excluding hydrogens is 255 g/mol. The van der Waals surface area contributed by atoms with Gasteiger partial charge in [0.15, 0.2) is 0 Å². The van der Waals surface area contributed by atoms with Crippen LogP contribution >= 0.6 is 23.2 Å². The maximum absolute atomic E-state index is 11.2. The first-order valence-corrected chi connectivity index (χ1v) is 6.11. The lowest BCUT2D eigenvalue weighted by Gasteiger charge is -2.25. The minimum Gasteiger partial charge on any atom is -0.299 e. The molecule has 0 saturated carbocycles. The van der Waals surface area contributed by atoms with Gasteiger partial charge in [0.25, 0.3) is 0 Å². The van der Waals surface area contributed by atoms with Crippen LogP contribution < -0.4 is 0 Å². The van der Waals surface area contributed by atoms with Gasteiger partial charge >= 0.3 is 0 Å². The molecule has 0 saturated heterocycles. The topological polar surface area (TPSA) is 17.1 Å². The first-order chi connectivity index (χ1) is 8.03. The van der Waals surface area contributed by atoms with E-state index in [4.69, 9.17) is 23.2 Å². The standard InChI is InChI=1S/C14H12Cl2O/c1-10(17)11-6-8-14(16,9-7-11)12-4-2-3-5-13(12)15/h2-9,11H,1H3.